The van der Waals surface area contributed by atoms with Crippen LogP contribution in [-0.4, -0.2) is 19.1 Å². The zero-order valence-electron chi connectivity index (χ0n) is 9.43. The van der Waals surface area contributed by atoms with E-state index >= 15 is 0 Å². The Bertz CT molecular complexity index is 444. The summed E-state index contributed by atoms with van der Waals surface area (Å²) in [6, 6.07) is 2.09. The summed E-state index contributed by atoms with van der Waals surface area (Å²) in [5.41, 5.74) is 0.318. The molecule has 3 nitrogen and oxygen atoms in total. The van der Waals surface area contributed by atoms with Crippen LogP contribution in [0, 0.1) is 11.6 Å². The molecule has 92 valence electrons. The highest BCUT2D eigenvalue weighted by molar-refractivity contribution is 5.95. The molecule has 2 rings (SSSR count). The lowest BCUT2D eigenvalue weighted by atomic mass is 9.92. The Morgan fingerprint density at radius 3 is 2.53 bits per heavy atom. The van der Waals surface area contributed by atoms with Gasteiger partial charge in [0.1, 0.15) is 0 Å². The third-order valence-electron chi connectivity index (χ3n) is 2.93. The van der Waals surface area contributed by atoms with Gasteiger partial charge in [0.25, 0.3) is 0 Å². The minimum absolute atomic E-state index is 0.0262. The van der Waals surface area contributed by atoms with Gasteiger partial charge in [-0.05, 0) is 25.3 Å². The molecule has 1 N–H and O–H groups in total. The van der Waals surface area contributed by atoms with Gasteiger partial charge in [0, 0.05) is 12.1 Å². The van der Waals surface area contributed by atoms with Gasteiger partial charge in [0.05, 0.1) is 18.4 Å². The summed E-state index contributed by atoms with van der Waals surface area (Å²) in [6.07, 6.45) is 3.05. The fourth-order valence-corrected chi connectivity index (χ4v) is 1.72. The SMILES string of the molecule is COC(=O)c1cc(F)c(F)cc1NC1CCC1. The Morgan fingerprint density at radius 1 is 1.35 bits per heavy atom. The quantitative estimate of drug-likeness (QED) is 0.827. The molecule has 1 aromatic rings. The number of hydrogen-bond acceptors (Lipinski definition) is 3. The van der Waals surface area contributed by atoms with Gasteiger partial charge in [0.15, 0.2) is 11.6 Å². The van der Waals surface area contributed by atoms with Crippen molar-refractivity contribution in [3.8, 4) is 0 Å². The van der Waals surface area contributed by atoms with E-state index in [2.05, 4.69) is 10.1 Å². The number of methoxy groups -OCH3 is 1. The standard InChI is InChI=1S/C12H13F2NO2/c1-17-12(16)8-5-9(13)10(14)6-11(8)15-7-3-2-4-7/h5-7,15H,2-4H2,1H3. The van der Waals surface area contributed by atoms with Crippen LogP contribution in [0.2, 0.25) is 0 Å². The second-order valence-electron chi connectivity index (χ2n) is 4.08. The predicted octanol–water partition coefficient (Wildman–Crippen LogP) is 2.72. The molecular weight excluding hydrogens is 228 g/mol. The molecule has 1 saturated carbocycles. The number of carbonyl (C=O) groups excluding carboxylic acids is 1. The summed E-state index contributed by atoms with van der Waals surface area (Å²) in [5, 5.41) is 3.02. The van der Waals surface area contributed by atoms with E-state index in [1.165, 1.54) is 7.11 Å². The van der Waals surface area contributed by atoms with Gasteiger partial charge in [-0.25, -0.2) is 13.6 Å². The van der Waals surface area contributed by atoms with Gasteiger partial charge >= 0.3 is 5.97 Å². The topological polar surface area (TPSA) is 38.3 Å². The lowest BCUT2D eigenvalue weighted by Crippen LogP contribution is -2.28. The molecule has 0 spiro atoms. The number of nitrogens with one attached hydrogen (secondary N) is 1. The van der Waals surface area contributed by atoms with Crippen LogP contribution >= 0.6 is 0 Å². The first-order chi connectivity index (χ1) is 8.11. The summed E-state index contributed by atoms with van der Waals surface area (Å²) in [4.78, 5) is 11.4. The van der Waals surface area contributed by atoms with E-state index in [1.54, 1.807) is 0 Å². The molecule has 0 unspecified atom stereocenters. The molecule has 0 aliphatic heterocycles. The molecule has 1 aliphatic rings. The van der Waals surface area contributed by atoms with E-state index in [-0.39, 0.29) is 11.6 Å². The molecule has 0 aromatic heterocycles. The Labute approximate surface area is 97.8 Å². The summed E-state index contributed by atoms with van der Waals surface area (Å²) >= 11 is 0. The molecule has 1 aliphatic carbocycles. The third kappa shape index (κ3) is 2.38. The van der Waals surface area contributed by atoms with Crippen molar-refractivity contribution in [1.29, 1.82) is 0 Å². The number of halogens is 2. The average molecular weight is 241 g/mol. The van der Waals surface area contributed by atoms with Crippen LogP contribution in [0.15, 0.2) is 12.1 Å². The van der Waals surface area contributed by atoms with Crippen molar-refractivity contribution < 1.29 is 18.3 Å². The lowest BCUT2D eigenvalue weighted by molar-refractivity contribution is 0.0601. The number of benzene rings is 1. The number of hydrogen-bond donors (Lipinski definition) is 1. The van der Waals surface area contributed by atoms with Crippen LogP contribution < -0.4 is 5.32 Å². The largest absolute Gasteiger partial charge is 0.465 e. The van der Waals surface area contributed by atoms with E-state index in [0.29, 0.717) is 5.69 Å². The zero-order chi connectivity index (χ0) is 12.4. The van der Waals surface area contributed by atoms with E-state index in [4.69, 9.17) is 0 Å². The van der Waals surface area contributed by atoms with Gasteiger partial charge in [-0.15, -0.1) is 0 Å². The van der Waals surface area contributed by atoms with Gasteiger partial charge in [-0.2, -0.15) is 0 Å². The maximum Gasteiger partial charge on any atom is 0.340 e. The first kappa shape index (κ1) is 11.8. The van der Waals surface area contributed by atoms with Crippen molar-refractivity contribution in [2.75, 3.05) is 12.4 Å². The summed E-state index contributed by atoms with van der Waals surface area (Å²) in [5.74, 6) is -2.70. The van der Waals surface area contributed by atoms with E-state index < -0.39 is 17.6 Å². The average Bonchev–Trinajstić information content (AvgIpc) is 2.26. The van der Waals surface area contributed by atoms with E-state index in [1.807, 2.05) is 0 Å². The highest BCUT2D eigenvalue weighted by atomic mass is 19.2. The van der Waals surface area contributed by atoms with Gasteiger partial charge in [-0.3, -0.25) is 0 Å². The van der Waals surface area contributed by atoms with Crippen LogP contribution in [0.1, 0.15) is 29.6 Å². The summed E-state index contributed by atoms with van der Waals surface area (Å²) in [7, 11) is 1.21. The molecule has 5 heteroatoms. The molecule has 0 atom stereocenters. The number of esters is 1. The maximum absolute atomic E-state index is 13.1. The van der Waals surface area contributed by atoms with Crippen molar-refractivity contribution in [2.24, 2.45) is 0 Å². The monoisotopic (exact) mass is 241 g/mol. The minimum atomic E-state index is -1.05. The number of ether oxygens (including phenoxy) is 1. The van der Waals surface area contributed by atoms with Crippen LogP contribution in [-0.2, 0) is 4.74 Å². The Hall–Kier alpha value is -1.65. The fourth-order valence-electron chi connectivity index (χ4n) is 1.72. The normalized spacial score (nSPS) is 15.2. The Kier molecular flexibility index (Phi) is 3.26. The van der Waals surface area contributed by atoms with Gasteiger partial charge in [0.2, 0.25) is 0 Å². The van der Waals surface area contributed by atoms with E-state index in [0.717, 1.165) is 31.4 Å². The highest BCUT2D eigenvalue weighted by Crippen LogP contribution is 2.27. The lowest BCUT2D eigenvalue weighted by Gasteiger charge is -2.28. The molecule has 0 saturated heterocycles. The number of rotatable bonds is 3. The first-order valence-electron chi connectivity index (χ1n) is 5.45. The molecule has 1 fully saturated rings. The van der Waals surface area contributed by atoms with Crippen molar-refractivity contribution in [3.05, 3.63) is 29.3 Å². The molecule has 0 amide bonds. The second kappa shape index (κ2) is 4.69. The molecule has 0 radical (unpaired) electrons. The predicted molar refractivity (Wildman–Crippen MR) is 59.0 cm³/mol. The Morgan fingerprint density at radius 2 is 2.00 bits per heavy atom. The molecule has 0 heterocycles. The van der Waals surface area contributed by atoms with Crippen LogP contribution in [0.4, 0.5) is 14.5 Å². The fraction of sp³-hybridized carbons (Fsp3) is 0.417. The second-order valence-corrected chi connectivity index (χ2v) is 4.08. The van der Waals surface area contributed by atoms with Crippen molar-refractivity contribution >= 4 is 11.7 Å². The number of carbonyl (C=O) groups is 1. The molecular formula is C12H13F2NO2. The van der Waals surface area contributed by atoms with Crippen molar-refractivity contribution in [1.82, 2.24) is 0 Å². The van der Waals surface area contributed by atoms with Crippen LogP contribution in [0.5, 0.6) is 0 Å². The smallest absolute Gasteiger partial charge is 0.340 e. The maximum atomic E-state index is 13.1. The molecule has 17 heavy (non-hydrogen) atoms. The Balaban J connectivity index is 2.32. The van der Waals surface area contributed by atoms with Gasteiger partial charge in [-0.1, -0.05) is 0 Å². The van der Waals surface area contributed by atoms with Crippen LogP contribution in [0.3, 0.4) is 0 Å². The minimum Gasteiger partial charge on any atom is -0.465 e. The third-order valence-corrected chi connectivity index (χ3v) is 2.93. The summed E-state index contributed by atoms with van der Waals surface area (Å²) in [6.45, 7) is 0. The van der Waals surface area contributed by atoms with E-state index in [9.17, 15) is 13.6 Å². The zero-order valence-corrected chi connectivity index (χ0v) is 9.43. The number of anilines is 1. The van der Waals surface area contributed by atoms with Crippen molar-refractivity contribution in [2.45, 2.75) is 25.3 Å². The highest BCUT2D eigenvalue weighted by Gasteiger charge is 2.22. The van der Waals surface area contributed by atoms with Crippen LogP contribution in [0.25, 0.3) is 0 Å². The first-order valence-corrected chi connectivity index (χ1v) is 5.45. The molecule has 0 bridgehead atoms. The molecule has 1 aromatic carbocycles. The van der Waals surface area contributed by atoms with Gasteiger partial charge < -0.3 is 10.1 Å². The summed E-state index contributed by atoms with van der Waals surface area (Å²) < 4.78 is 30.7. The van der Waals surface area contributed by atoms with Crippen molar-refractivity contribution in [3.63, 3.8) is 0 Å².